The van der Waals surface area contributed by atoms with Crippen molar-refractivity contribution < 1.29 is 22.0 Å². The molecule has 1 heterocycles. The SMILES string of the molecule is C[C@H](SCc1cccc(F)c1F)C(=O)N[C@@H]1CCS(=O)(=O)C1. The minimum atomic E-state index is -3.05. The van der Waals surface area contributed by atoms with Crippen LogP contribution in [-0.4, -0.2) is 37.1 Å². The lowest BCUT2D eigenvalue weighted by atomic mass is 10.2. The molecule has 1 aromatic carbocycles. The van der Waals surface area contributed by atoms with E-state index in [0.717, 1.165) is 6.07 Å². The molecule has 1 aromatic rings. The zero-order valence-corrected chi connectivity index (χ0v) is 13.6. The van der Waals surface area contributed by atoms with Crippen molar-refractivity contribution in [3.8, 4) is 0 Å². The first-order valence-corrected chi connectivity index (χ1v) is 9.71. The molecule has 1 aliphatic rings. The Labute approximate surface area is 132 Å². The zero-order chi connectivity index (χ0) is 16.3. The van der Waals surface area contributed by atoms with Crippen LogP contribution in [-0.2, 0) is 20.4 Å². The van der Waals surface area contributed by atoms with Gasteiger partial charge < -0.3 is 5.32 Å². The van der Waals surface area contributed by atoms with Gasteiger partial charge in [-0.2, -0.15) is 0 Å². The van der Waals surface area contributed by atoms with E-state index in [0.29, 0.717) is 6.42 Å². The van der Waals surface area contributed by atoms with Crippen molar-refractivity contribution in [3.05, 3.63) is 35.4 Å². The number of halogens is 2. The summed E-state index contributed by atoms with van der Waals surface area (Å²) in [7, 11) is -3.05. The van der Waals surface area contributed by atoms with E-state index in [4.69, 9.17) is 0 Å². The molecule has 2 rings (SSSR count). The summed E-state index contributed by atoms with van der Waals surface area (Å²) in [5.41, 5.74) is 0.202. The lowest BCUT2D eigenvalue weighted by molar-refractivity contribution is -0.120. The van der Waals surface area contributed by atoms with Gasteiger partial charge >= 0.3 is 0 Å². The second-order valence-corrected chi connectivity index (χ2v) is 8.83. The maximum Gasteiger partial charge on any atom is 0.233 e. The number of hydrogen-bond acceptors (Lipinski definition) is 4. The minimum Gasteiger partial charge on any atom is -0.351 e. The van der Waals surface area contributed by atoms with Crippen molar-refractivity contribution in [2.75, 3.05) is 11.5 Å². The van der Waals surface area contributed by atoms with Crippen molar-refractivity contribution in [1.82, 2.24) is 5.32 Å². The van der Waals surface area contributed by atoms with E-state index in [9.17, 15) is 22.0 Å². The number of amides is 1. The van der Waals surface area contributed by atoms with Gasteiger partial charge in [-0.1, -0.05) is 12.1 Å². The maximum absolute atomic E-state index is 13.5. The molecule has 8 heteroatoms. The van der Waals surface area contributed by atoms with Gasteiger partial charge in [0.2, 0.25) is 5.91 Å². The van der Waals surface area contributed by atoms with Crippen molar-refractivity contribution in [2.45, 2.75) is 30.4 Å². The lowest BCUT2D eigenvalue weighted by Crippen LogP contribution is -2.40. The average molecular weight is 349 g/mol. The van der Waals surface area contributed by atoms with Gasteiger partial charge in [-0.05, 0) is 19.4 Å². The molecule has 122 valence electrons. The number of nitrogens with one attached hydrogen (secondary N) is 1. The number of carbonyl (C=O) groups is 1. The Kier molecular flexibility index (Phi) is 5.44. The first-order valence-electron chi connectivity index (χ1n) is 6.84. The van der Waals surface area contributed by atoms with Gasteiger partial charge in [-0.15, -0.1) is 11.8 Å². The molecule has 0 bridgehead atoms. The van der Waals surface area contributed by atoms with Crippen LogP contribution in [0.5, 0.6) is 0 Å². The van der Waals surface area contributed by atoms with Crippen LogP contribution in [0.3, 0.4) is 0 Å². The molecular weight excluding hydrogens is 332 g/mol. The maximum atomic E-state index is 13.5. The van der Waals surface area contributed by atoms with Crippen molar-refractivity contribution in [3.63, 3.8) is 0 Å². The van der Waals surface area contributed by atoms with Crippen molar-refractivity contribution >= 4 is 27.5 Å². The Bertz CT molecular complexity index is 664. The molecule has 1 N–H and O–H groups in total. The Balaban J connectivity index is 1.85. The van der Waals surface area contributed by atoms with Crippen LogP contribution >= 0.6 is 11.8 Å². The third kappa shape index (κ3) is 4.42. The standard InChI is InChI=1S/C14H17F2NO3S2/c1-9(14(18)17-11-5-6-22(19,20)8-11)21-7-10-3-2-4-12(15)13(10)16/h2-4,9,11H,5-8H2,1H3,(H,17,18)/t9-,11+/m0/s1. The van der Waals surface area contributed by atoms with E-state index >= 15 is 0 Å². The summed E-state index contributed by atoms with van der Waals surface area (Å²) in [6.07, 6.45) is 0.421. The molecule has 22 heavy (non-hydrogen) atoms. The van der Waals surface area contributed by atoms with Crippen molar-refractivity contribution in [2.24, 2.45) is 0 Å². The van der Waals surface area contributed by atoms with Crippen LogP contribution in [0.15, 0.2) is 18.2 Å². The van der Waals surface area contributed by atoms with Crippen molar-refractivity contribution in [1.29, 1.82) is 0 Å². The highest BCUT2D eigenvalue weighted by Gasteiger charge is 2.30. The molecule has 1 saturated heterocycles. The van der Waals surface area contributed by atoms with Crippen LogP contribution in [0.25, 0.3) is 0 Å². The van der Waals surface area contributed by atoms with Gasteiger partial charge in [0.05, 0.1) is 16.8 Å². The molecule has 0 spiro atoms. The smallest absolute Gasteiger partial charge is 0.233 e. The fraction of sp³-hybridized carbons (Fsp3) is 0.500. The molecule has 0 aromatic heterocycles. The van der Waals surface area contributed by atoms with Gasteiger partial charge in [0.25, 0.3) is 0 Å². The summed E-state index contributed by atoms with van der Waals surface area (Å²) in [5.74, 6) is -1.87. The Morgan fingerprint density at radius 3 is 2.82 bits per heavy atom. The number of sulfone groups is 1. The van der Waals surface area contributed by atoms with Gasteiger partial charge in [0.1, 0.15) is 0 Å². The van der Waals surface area contributed by atoms with Crippen LogP contribution in [0.4, 0.5) is 8.78 Å². The van der Waals surface area contributed by atoms with E-state index in [-0.39, 0.29) is 34.8 Å². The van der Waals surface area contributed by atoms with Crippen LogP contribution in [0.2, 0.25) is 0 Å². The molecular formula is C14H17F2NO3S2. The summed E-state index contributed by atoms with van der Waals surface area (Å²) in [5, 5.41) is 2.21. The van der Waals surface area contributed by atoms with E-state index in [1.807, 2.05) is 0 Å². The summed E-state index contributed by atoms with van der Waals surface area (Å²) < 4.78 is 49.3. The number of thioether (sulfide) groups is 1. The van der Waals surface area contributed by atoms with E-state index < -0.39 is 26.7 Å². The molecule has 4 nitrogen and oxygen atoms in total. The van der Waals surface area contributed by atoms with Gasteiger partial charge in [-0.25, -0.2) is 17.2 Å². The van der Waals surface area contributed by atoms with E-state index in [2.05, 4.69) is 5.32 Å². The zero-order valence-electron chi connectivity index (χ0n) is 12.0. The second kappa shape index (κ2) is 6.95. The predicted molar refractivity (Wildman–Crippen MR) is 82.3 cm³/mol. The molecule has 0 unspecified atom stereocenters. The van der Waals surface area contributed by atoms with Crippen LogP contribution < -0.4 is 5.32 Å². The number of hydrogen-bond donors (Lipinski definition) is 1. The number of rotatable bonds is 5. The van der Waals surface area contributed by atoms with E-state index in [1.165, 1.54) is 23.9 Å². The molecule has 2 atom stereocenters. The lowest BCUT2D eigenvalue weighted by Gasteiger charge is -2.15. The summed E-state index contributed by atoms with van der Waals surface area (Å²) in [6, 6.07) is 3.58. The first kappa shape index (κ1) is 17.2. The largest absolute Gasteiger partial charge is 0.351 e. The Morgan fingerprint density at radius 1 is 1.45 bits per heavy atom. The minimum absolute atomic E-state index is 0.0331. The Morgan fingerprint density at radius 2 is 2.18 bits per heavy atom. The quantitative estimate of drug-likeness (QED) is 0.882. The van der Waals surface area contributed by atoms with E-state index in [1.54, 1.807) is 6.92 Å². The number of benzene rings is 1. The fourth-order valence-corrected chi connectivity index (χ4v) is 4.72. The molecule has 1 fully saturated rings. The van der Waals surface area contributed by atoms with Crippen LogP contribution in [0, 0.1) is 11.6 Å². The molecule has 0 saturated carbocycles. The summed E-state index contributed by atoms with van der Waals surface area (Å²) in [4.78, 5) is 12.0. The van der Waals surface area contributed by atoms with Crippen LogP contribution in [0.1, 0.15) is 18.9 Å². The first-order chi connectivity index (χ1) is 10.3. The molecule has 1 amide bonds. The summed E-state index contributed by atoms with van der Waals surface area (Å²) >= 11 is 1.18. The van der Waals surface area contributed by atoms with Gasteiger partial charge in [-0.3, -0.25) is 4.79 Å². The predicted octanol–water partition coefficient (Wildman–Crippen LogP) is 1.89. The normalized spacial score (nSPS) is 21.5. The highest BCUT2D eigenvalue weighted by molar-refractivity contribution is 7.99. The second-order valence-electron chi connectivity index (χ2n) is 5.27. The monoisotopic (exact) mass is 349 g/mol. The fourth-order valence-electron chi connectivity index (χ4n) is 2.18. The molecule has 1 aliphatic heterocycles. The molecule has 0 radical (unpaired) electrons. The topological polar surface area (TPSA) is 63.2 Å². The summed E-state index contributed by atoms with van der Waals surface area (Å²) in [6.45, 7) is 1.65. The highest BCUT2D eigenvalue weighted by Crippen LogP contribution is 2.22. The third-order valence-electron chi connectivity index (χ3n) is 3.47. The van der Waals surface area contributed by atoms with Gasteiger partial charge in [0, 0.05) is 17.4 Å². The number of carbonyl (C=O) groups excluding carboxylic acids is 1. The third-order valence-corrected chi connectivity index (χ3v) is 6.43. The Hall–Kier alpha value is -1.15. The molecule has 0 aliphatic carbocycles. The average Bonchev–Trinajstić information content (AvgIpc) is 2.79. The van der Waals surface area contributed by atoms with Gasteiger partial charge in [0.15, 0.2) is 21.5 Å². The highest BCUT2D eigenvalue weighted by atomic mass is 32.2.